The molecule has 0 radical (unpaired) electrons. The summed E-state index contributed by atoms with van der Waals surface area (Å²) in [6.45, 7) is 2.89. The van der Waals surface area contributed by atoms with E-state index in [2.05, 4.69) is 25.0 Å². The number of aromatic amines is 1. The molecule has 0 spiro atoms. The van der Waals surface area contributed by atoms with Crippen LogP contribution >= 0.6 is 0 Å². The van der Waals surface area contributed by atoms with Crippen LogP contribution in [0.4, 0.5) is 20.3 Å². The second kappa shape index (κ2) is 9.60. The van der Waals surface area contributed by atoms with Crippen molar-refractivity contribution in [2.45, 2.75) is 25.8 Å². The number of hydrogen-bond donors (Lipinski definition) is 3. The van der Waals surface area contributed by atoms with Crippen molar-refractivity contribution in [1.29, 1.82) is 0 Å². The van der Waals surface area contributed by atoms with E-state index in [9.17, 15) is 17.6 Å². The van der Waals surface area contributed by atoms with Crippen LogP contribution in [0.1, 0.15) is 35.7 Å². The van der Waals surface area contributed by atoms with Gasteiger partial charge in [0, 0.05) is 39.0 Å². The first-order valence-electron chi connectivity index (χ1n) is 10.7. The van der Waals surface area contributed by atoms with Crippen molar-refractivity contribution in [2.24, 2.45) is 0 Å². The fourth-order valence-corrected chi connectivity index (χ4v) is 4.58. The molecule has 0 aliphatic carbocycles. The first kappa shape index (κ1) is 24.0. The molecule has 3 aromatic rings. The Kier molecular flexibility index (Phi) is 6.77. The summed E-state index contributed by atoms with van der Waals surface area (Å²) in [4.78, 5) is 24.5. The lowest BCUT2D eigenvalue weighted by Crippen LogP contribution is -2.32. The predicted octanol–water partition coefficient (Wildman–Crippen LogP) is 2.67. The lowest BCUT2D eigenvalue weighted by molar-refractivity contribution is 0.0904. The van der Waals surface area contributed by atoms with Crippen LogP contribution in [-0.4, -0.2) is 66.3 Å². The molecule has 0 amide bonds. The molecule has 34 heavy (non-hydrogen) atoms. The number of carbonyl (C=O) groups excluding carboxylic acids is 1. The number of hydrogen-bond acceptors (Lipinski definition) is 7. The second-order valence-electron chi connectivity index (χ2n) is 7.81. The molecule has 1 fully saturated rings. The van der Waals surface area contributed by atoms with E-state index in [1.165, 1.54) is 19.6 Å². The molecule has 13 heteroatoms. The number of H-pyrrole nitrogens is 1. The van der Waals surface area contributed by atoms with E-state index in [0.29, 0.717) is 24.7 Å². The van der Waals surface area contributed by atoms with Crippen LogP contribution in [0.3, 0.4) is 0 Å². The Morgan fingerprint density at radius 2 is 2.00 bits per heavy atom. The summed E-state index contributed by atoms with van der Waals surface area (Å²) in [5.41, 5.74) is -1.16. The van der Waals surface area contributed by atoms with E-state index in [-0.39, 0.29) is 23.5 Å². The summed E-state index contributed by atoms with van der Waals surface area (Å²) in [6, 6.07) is 1.82. The molecule has 1 aliphatic rings. The van der Waals surface area contributed by atoms with Crippen molar-refractivity contribution < 1.29 is 26.7 Å². The molecular formula is C21H24F2N6O4S. The summed E-state index contributed by atoms with van der Waals surface area (Å²) >= 11 is 0. The number of fused-ring (bicyclic) bond motifs is 1. The highest BCUT2D eigenvalue weighted by molar-refractivity contribution is 7.90. The normalized spacial score (nSPS) is 15.1. The van der Waals surface area contributed by atoms with E-state index in [1.54, 1.807) is 6.92 Å². The van der Waals surface area contributed by atoms with Gasteiger partial charge in [0.05, 0.1) is 22.2 Å². The average molecular weight is 495 g/mol. The Hall–Kier alpha value is -3.16. The Bertz CT molecular complexity index is 1320. The highest BCUT2D eigenvalue weighted by Gasteiger charge is 2.28. The maximum atomic E-state index is 15.3. The van der Waals surface area contributed by atoms with Gasteiger partial charge in [0.25, 0.3) is 0 Å². The van der Waals surface area contributed by atoms with Crippen molar-refractivity contribution >= 4 is 38.5 Å². The second-order valence-corrected chi connectivity index (χ2v) is 9.59. The Balaban J connectivity index is 1.74. The number of anilines is 2. The Labute approximate surface area is 194 Å². The highest BCUT2D eigenvalue weighted by Crippen LogP contribution is 2.30. The van der Waals surface area contributed by atoms with Gasteiger partial charge in [-0.3, -0.25) is 9.52 Å². The van der Waals surface area contributed by atoms with Gasteiger partial charge in [0.15, 0.2) is 5.82 Å². The lowest BCUT2D eigenvalue weighted by Gasteiger charge is -2.23. The van der Waals surface area contributed by atoms with Crippen LogP contribution in [0.2, 0.25) is 0 Å². The number of aromatic nitrogens is 3. The van der Waals surface area contributed by atoms with Crippen LogP contribution < -0.4 is 10.0 Å². The molecule has 0 unspecified atom stereocenters. The fraction of sp³-hybridized carbons (Fsp3) is 0.381. The molecular weight excluding hydrogens is 470 g/mol. The maximum absolute atomic E-state index is 15.3. The van der Waals surface area contributed by atoms with E-state index < -0.39 is 38.9 Å². The van der Waals surface area contributed by atoms with Gasteiger partial charge in [0.1, 0.15) is 23.6 Å². The largest absolute Gasteiger partial charge is 0.381 e. The minimum absolute atomic E-state index is 0.0476. The van der Waals surface area contributed by atoms with Crippen LogP contribution in [0.5, 0.6) is 0 Å². The Morgan fingerprint density at radius 1 is 1.26 bits per heavy atom. The summed E-state index contributed by atoms with van der Waals surface area (Å²) in [5, 5.41) is 3.55. The van der Waals surface area contributed by atoms with Gasteiger partial charge in [-0.05, 0) is 25.0 Å². The molecule has 1 saturated heterocycles. The first-order valence-corrected chi connectivity index (χ1v) is 12.1. The zero-order valence-corrected chi connectivity index (χ0v) is 19.4. The van der Waals surface area contributed by atoms with Gasteiger partial charge < -0.3 is 15.0 Å². The maximum Gasteiger partial charge on any atom is 0.301 e. The van der Waals surface area contributed by atoms with Gasteiger partial charge >= 0.3 is 10.2 Å². The number of benzene rings is 1. The number of carbonyl (C=O) groups is 1. The molecule has 0 bridgehead atoms. The van der Waals surface area contributed by atoms with Gasteiger partial charge in [0.2, 0.25) is 5.78 Å². The quantitative estimate of drug-likeness (QED) is 0.411. The number of rotatable bonds is 8. The minimum atomic E-state index is -4.09. The molecule has 1 aromatic carbocycles. The zero-order valence-electron chi connectivity index (χ0n) is 18.6. The SMILES string of the molecule is CCN(C)S(=O)(=O)Nc1ccc(F)c(C(=O)c2c[nH]c3ncnc(NC4CCOCC4)c23)c1F. The predicted molar refractivity (Wildman–Crippen MR) is 122 cm³/mol. The van der Waals surface area contributed by atoms with Crippen LogP contribution in [0, 0.1) is 11.6 Å². The standard InChI is InChI=1S/C21H24F2N6O4S/c1-3-29(2)34(31,32)28-15-5-4-14(22)17(18(15)23)19(30)13-10-24-20-16(13)21(26-11-25-20)27-12-6-8-33-9-7-12/h4-5,10-12,28H,3,6-9H2,1-2H3,(H2,24,25,26,27). The van der Waals surface area contributed by atoms with Crippen LogP contribution in [0.25, 0.3) is 11.0 Å². The van der Waals surface area contributed by atoms with Crippen molar-refractivity contribution in [3.8, 4) is 0 Å². The van der Waals surface area contributed by atoms with Crippen molar-refractivity contribution in [3.05, 3.63) is 47.4 Å². The minimum Gasteiger partial charge on any atom is -0.381 e. The topological polar surface area (TPSA) is 129 Å². The molecule has 0 atom stereocenters. The van der Waals surface area contributed by atoms with Crippen LogP contribution in [0.15, 0.2) is 24.7 Å². The number of ketones is 1. The number of nitrogens with zero attached hydrogens (tertiary/aromatic N) is 3. The number of nitrogens with one attached hydrogen (secondary N) is 3. The average Bonchev–Trinajstić information content (AvgIpc) is 3.26. The molecule has 2 aromatic heterocycles. The molecule has 3 N–H and O–H groups in total. The van der Waals surface area contributed by atoms with Crippen LogP contribution in [-0.2, 0) is 14.9 Å². The van der Waals surface area contributed by atoms with E-state index >= 15 is 4.39 Å². The third-order valence-corrected chi connectivity index (χ3v) is 7.25. The Morgan fingerprint density at radius 3 is 2.71 bits per heavy atom. The highest BCUT2D eigenvalue weighted by atomic mass is 32.2. The van der Waals surface area contributed by atoms with Gasteiger partial charge in [-0.2, -0.15) is 12.7 Å². The zero-order chi connectivity index (χ0) is 24.5. The van der Waals surface area contributed by atoms with Crippen molar-refractivity contribution in [1.82, 2.24) is 19.3 Å². The number of ether oxygens (including phenoxy) is 1. The molecule has 182 valence electrons. The van der Waals surface area contributed by atoms with E-state index in [4.69, 9.17) is 4.74 Å². The summed E-state index contributed by atoms with van der Waals surface area (Å²) in [5.74, 6) is -3.07. The molecule has 4 rings (SSSR count). The van der Waals surface area contributed by atoms with E-state index in [1.807, 2.05) is 0 Å². The van der Waals surface area contributed by atoms with E-state index in [0.717, 1.165) is 29.3 Å². The molecule has 10 nitrogen and oxygen atoms in total. The van der Waals surface area contributed by atoms with Gasteiger partial charge in [-0.25, -0.2) is 18.7 Å². The lowest BCUT2D eigenvalue weighted by atomic mass is 10.0. The first-order chi connectivity index (χ1) is 16.2. The molecule has 3 heterocycles. The smallest absolute Gasteiger partial charge is 0.301 e. The van der Waals surface area contributed by atoms with Gasteiger partial charge in [-0.1, -0.05) is 6.92 Å². The third kappa shape index (κ3) is 4.58. The summed E-state index contributed by atoms with van der Waals surface area (Å²) in [6.07, 6.45) is 4.08. The molecule has 0 saturated carbocycles. The number of halogens is 2. The van der Waals surface area contributed by atoms with Gasteiger partial charge in [-0.15, -0.1) is 0 Å². The summed E-state index contributed by atoms with van der Waals surface area (Å²) in [7, 11) is -2.79. The third-order valence-electron chi connectivity index (χ3n) is 5.69. The monoisotopic (exact) mass is 494 g/mol. The fourth-order valence-electron chi connectivity index (χ4n) is 3.65. The molecule has 1 aliphatic heterocycles. The summed E-state index contributed by atoms with van der Waals surface area (Å²) < 4.78 is 62.9. The van der Waals surface area contributed by atoms with Crippen molar-refractivity contribution in [2.75, 3.05) is 36.8 Å². The van der Waals surface area contributed by atoms with Crippen molar-refractivity contribution in [3.63, 3.8) is 0 Å².